The van der Waals surface area contributed by atoms with Gasteiger partial charge in [-0.3, -0.25) is 10.1 Å². The van der Waals surface area contributed by atoms with Crippen LogP contribution in [0.3, 0.4) is 0 Å². The molecular formula is C13H15NO4. The summed E-state index contributed by atoms with van der Waals surface area (Å²) in [6, 6.07) is 9.39. The van der Waals surface area contributed by atoms with Gasteiger partial charge in [0, 0.05) is 16.9 Å². The number of hydrogen-bond donors (Lipinski definition) is 0. The summed E-state index contributed by atoms with van der Waals surface area (Å²) in [5.41, 5.74) is -0.333. The molecule has 0 bridgehead atoms. The van der Waals surface area contributed by atoms with E-state index in [1.165, 1.54) is 6.08 Å². The van der Waals surface area contributed by atoms with Crippen molar-refractivity contribution in [3.8, 4) is 0 Å². The Balaban J connectivity index is 2.07. The third-order valence-corrected chi connectivity index (χ3v) is 2.99. The standard InChI is InChI=1S/C13H15NO4/c1-2-8-13(14(15)16)9-17-12(18-10-13)11-6-4-3-5-7-11/h2-7,12H,1,8-10H2. The van der Waals surface area contributed by atoms with Gasteiger partial charge >= 0.3 is 0 Å². The molecule has 0 radical (unpaired) electrons. The molecule has 0 aromatic heterocycles. The van der Waals surface area contributed by atoms with Gasteiger partial charge in [0.2, 0.25) is 0 Å². The maximum absolute atomic E-state index is 11.1. The second kappa shape index (κ2) is 5.29. The van der Waals surface area contributed by atoms with Crippen LogP contribution in [0.5, 0.6) is 0 Å². The number of hydrogen-bond acceptors (Lipinski definition) is 4. The van der Waals surface area contributed by atoms with Crippen LogP contribution in [0.4, 0.5) is 0 Å². The molecule has 1 aliphatic rings. The highest BCUT2D eigenvalue weighted by Crippen LogP contribution is 2.30. The van der Waals surface area contributed by atoms with Gasteiger partial charge in [-0.25, -0.2) is 0 Å². The average molecular weight is 249 g/mol. The Labute approximate surface area is 105 Å². The van der Waals surface area contributed by atoms with Crippen LogP contribution in [0.1, 0.15) is 18.3 Å². The minimum absolute atomic E-state index is 0.0333. The highest BCUT2D eigenvalue weighted by atomic mass is 16.7. The Morgan fingerprint density at radius 2 is 2.00 bits per heavy atom. The van der Waals surface area contributed by atoms with E-state index in [1.807, 2.05) is 30.3 Å². The quantitative estimate of drug-likeness (QED) is 0.466. The summed E-state index contributed by atoms with van der Waals surface area (Å²) in [7, 11) is 0. The fraction of sp³-hybridized carbons (Fsp3) is 0.385. The van der Waals surface area contributed by atoms with Crippen molar-refractivity contribution in [1.82, 2.24) is 0 Å². The van der Waals surface area contributed by atoms with Gasteiger partial charge < -0.3 is 9.47 Å². The molecule has 18 heavy (non-hydrogen) atoms. The molecule has 0 spiro atoms. The van der Waals surface area contributed by atoms with Crippen LogP contribution in [0.2, 0.25) is 0 Å². The Morgan fingerprint density at radius 3 is 2.50 bits per heavy atom. The van der Waals surface area contributed by atoms with Gasteiger partial charge in [-0.1, -0.05) is 36.4 Å². The van der Waals surface area contributed by atoms with Crippen molar-refractivity contribution in [3.05, 3.63) is 58.7 Å². The predicted molar refractivity (Wildman–Crippen MR) is 65.6 cm³/mol. The summed E-state index contributed by atoms with van der Waals surface area (Å²) in [4.78, 5) is 10.8. The number of benzene rings is 1. The highest BCUT2D eigenvalue weighted by Gasteiger charge is 2.47. The van der Waals surface area contributed by atoms with Crippen LogP contribution in [0.15, 0.2) is 43.0 Å². The van der Waals surface area contributed by atoms with E-state index in [-0.39, 0.29) is 24.6 Å². The molecule has 96 valence electrons. The van der Waals surface area contributed by atoms with Crippen molar-refractivity contribution in [3.63, 3.8) is 0 Å². The van der Waals surface area contributed by atoms with E-state index in [4.69, 9.17) is 9.47 Å². The van der Waals surface area contributed by atoms with E-state index in [1.54, 1.807) is 0 Å². The molecule has 1 aliphatic heterocycles. The molecular weight excluding hydrogens is 234 g/mol. The Hall–Kier alpha value is -1.72. The van der Waals surface area contributed by atoms with E-state index < -0.39 is 11.8 Å². The molecule has 0 saturated carbocycles. The number of nitrogens with zero attached hydrogens (tertiary/aromatic N) is 1. The van der Waals surface area contributed by atoms with E-state index in [0.29, 0.717) is 0 Å². The van der Waals surface area contributed by atoms with Crippen molar-refractivity contribution in [2.45, 2.75) is 18.2 Å². The summed E-state index contributed by atoms with van der Waals surface area (Å²) < 4.78 is 11.0. The third-order valence-electron chi connectivity index (χ3n) is 2.99. The molecule has 5 nitrogen and oxygen atoms in total. The molecule has 2 rings (SSSR count). The zero-order chi connectivity index (χ0) is 13.0. The van der Waals surface area contributed by atoms with Gasteiger partial charge in [0.05, 0.1) is 0 Å². The first-order valence-corrected chi connectivity index (χ1v) is 5.71. The Kier molecular flexibility index (Phi) is 3.74. The number of rotatable bonds is 4. The van der Waals surface area contributed by atoms with E-state index in [0.717, 1.165) is 5.56 Å². The van der Waals surface area contributed by atoms with Crippen molar-refractivity contribution < 1.29 is 14.4 Å². The summed E-state index contributed by atoms with van der Waals surface area (Å²) >= 11 is 0. The molecule has 1 aromatic carbocycles. The van der Waals surface area contributed by atoms with Gasteiger partial charge in [-0.05, 0) is 0 Å². The lowest BCUT2D eigenvalue weighted by Crippen LogP contribution is -2.50. The van der Waals surface area contributed by atoms with E-state index in [9.17, 15) is 10.1 Å². The van der Waals surface area contributed by atoms with Crippen LogP contribution in [0, 0.1) is 10.1 Å². The van der Waals surface area contributed by atoms with Gasteiger partial charge in [0.15, 0.2) is 6.29 Å². The maximum atomic E-state index is 11.1. The second-order valence-electron chi connectivity index (χ2n) is 4.34. The van der Waals surface area contributed by atoms with Crippen LogP contribution >= 0.6 is 0 Å². The van der Waals surface area contributed by atoms with Crippen LogP contribution in [-0.4, -0.2) is 23.7 Å². The topological polar surface area (TPSA) is 61.6 Å². The first kappa shape index (κ1) is 12.7. The molecule has 0 unspecified atom stereocenters. The lowest BCUT2D eigenvalue weighted by atomic mass is 9.97. The van der Waals surface area contributed by atoms with Gasteiger partial charge in [-0.2, -0.15) is 0 Å². The van der Waals surface area contributed by atoms with Gasteiger partial charge in [0.1, 0.15) is 13.2 Å². The monoisotopic (exact) mass is 249 g/mol. The van der Waals surface area contributed by atoms with Gasteiger partial charge in [0.25, 0.3) is 5.54 Å². The predicted octanol–water partition coefficient (Wildman–Crippen LogP) is 2.32. The Bertz CT molecular complexity index is 424. The van der Waals surface area contributed by atoms with E-state index >= 15 is 0 Å². The Morgan fingerprint density at radius 1 is 1.39 bits per heavy atom. The summed E-state index contributed by atoms with van der Waals surface area (Å²) in [5.74, 6) is 0. The van der Waals surface area contributed by atoms with Crippen molar-refractivity contribution in [2.24, 2.45) is 0 Å². The molecule has 0 amide bonds. The van der Waals surface area contributed by atoms with Crippen molar-refractivity contribution in [1.29, 1.82) is 0 Å². The fourth-order valence-corrected chi connectivity index (χ4v) is 1.92. The molecule has 1 fully saturated rings. The number of ether oxygens (including phenoxy) is 2. The lowest BCUT2D eigenvalue weighted by molar-refractivity contribution is -0.591. The number of nitro groups is 1. The summed E-state index contributed by atoms with van der Waals surface area (Å²) in [5, 5.41) is 11.1. The molecule has 0 N–H and O–H groups in total. The molecule has 1 heterocycles. The first-order valence-electron chi connectivity index (χ1n) is 5.71. The molecule has 1 saturated heterocycles. The molecule has 0 aliphatic carbocycles. The third kappa shape index (κ3) is 2.42. The molecule has 0 atom stereocenters. The minimum atomic E-state index is -1.20. The molecule has 1 aromatic rings. The smallest absolute Gasteiger partial charge is 0.271 e. The van der Waals surface area contributed by atoms with Crippen LogP contribution < -0.4 is 0 Å². The van der Waals surface area contributed by atoms with Crippen LogP contribution in [0.25, 0.3) is 0 Å². The van der Waals surface area contributed by atoms with Crippen molar-refractivity contribution >= 4 is 0 Å². The average Bonchev–Trinajstić information content (AvgIpc) is 2.41. The lowest BCUT2D eigenvalue weighted by Gasteiger charge is -2.33. The van der Waals surface area contributed by atoms with Gasteiger partial charge in [-0.15, -0.1) is 6.58 Å². The maximum Gasteiger partial charge on any atom is 0.271 e. The minimum Gasteiger partial charge on any atom is -0.341 e. The van der Waals surface area contributed by atoms with E-state index in [2.05, 4.69) is 6.58 Å². The molecule has 5 heteroatoms. The fourth-order valence-electron chi connectivity index (χ4n) is 1.92. The first-order chi connectivity index (χ1) is 8.68. The van der Waals surface area contributed by atoms with Crippen LogP contribution in [-0.2, 0) is 9.47 Å². The summed E-state index contributed by atoms with van der Waals surface area (Å²) in [6.45, 7) is 3.61. The van der Waals surface area contributed by atoms with Crippen molar-refractivity contribution in [2.75, 3.05) is 13.2 Å². The normalized spacial score (nSPS) is 27.7. The largest absolute Gasteiger partial charge is 0.341 e. The second-order valence-corrected chi connectivity index (χ2v) is 4.34. The SMILES string of the molecule is C=CCC1([N+](=O)[O-])COC(c2ccccc2)OC1. The highest BCUT2D eigenvalue weighted by molar-refractivity contribution is 5.16. The zero-order valence-electron chi connectivity index (χ0n) is 9.95. The zero-order valence-corrected chi connectivity index (χ0v) is 9.95. The summed E-state index contributed by atoms with van der Waals surface area (Å²) in [6.07, 6.45) is 1.24.